The number of carboxylic acids is 1. The lowest BCUT2D eigenvalue weighted by molar-refractivity contribution is 0.0702. The van der Waals surface area contributed by atoms with E-state index in [1.807, 2.05) is 6.07 Å². The Kier molecular flexibility index (Phi) is 1.93. The summed E-state index contributed by atoms with van der Waals surface area (Å²) in [6.07, 6.45) is 7.55. The number of hydrogen-bond donors (Lipinski definition) is 1. The number of fused-ring (bicyclic) bond motifs is 2. The topological polar surface area (TPSA) is 37.3 Å². The Morgan fingerprint density at radius 3 is 2.73 bits per heavy atom. The van der Waals surface area contributed by atoms with Gasteiger partial charge in [-0.1, -0.05) is 12.8 Å². The van der Waals surface area contributed by atoms with Gasteiger partial charge in [-0.05, 0) is 37.3 Å². The van der Waals surface area contributed by atoms with Crippen molar-refractivity contribution >= 4 is 17.3 Å². The number of carboxylic acid groups (broad SMARTS) is 1. The van der Waals surface area contributed by atoms with Crippen molar-refractivity contribution in [3.05, 3.63) is 21.4 Å². The summed E-state index contributed by atoms with van der Waals surface area (Å²) in [5, 5.41) is 8.98. The highest BCUT2D eigenvalue weighted by Crippen LogP contribution is 2.52. The fourth-order valence-corrected chi connectivity index (χ4v) is 4.51. The Hall–Kier alpha value is -0.830. The molecule has 15 heavy (non-hydrogen) atoms. The van der Waals surface area contributed by atoms with Crippen LogP contribution in [0.5, 0.6) is 0 Å². The van der Waals surface area contributed by atoms with E-state index in [2.05, 4.69) is 0 Å². The van der Waals surface area contributed by atoms with Crippen molar-refractivity contribution in [3.63, 3.8) is 0 Å². The summed E-state index contributed by atoms with van der Waals surface area (Å²) < 4.78 is 0. The molecule has 1 spiro atoms. The largest absolute Gasteiger partial charge is 0.477 e. The average Bonchev–Trinajstić information content (AvgIpc) is 2.88. The maximum absolute atomic E-state index is 10.9. The lowest BCUT2D eigenvalue weighted by Crippen LogP contribution is -2.16. The summed E-state index contributed by atoms with van der Waals surface area (Å²) in [4.78, 5) is 12.9. The Morgan fingerprint density at radius 1 is 1.33 bits per heavy atom. The fraction of sp³-hybridized carbons (Fsp3) is 0.583. The van der Waals surface area contributed by atoms with Crippen LogP contribution >= 0.6 is 11.3 Å². The Balaban J connectivity index is 2.05. The van der Waals surface area contributed by atoms with Crippen LogP contribution < -0.4 is 0 Å². The second-order valence-electron chi connectivity index (χ2n) is 4.76. The van der Waals surface area contributed by atoms with Gasteiger partial charge in [0.05, 0.1) is 0 Å². The predicted molar refractivity (Wildman–Crippen MR) is 59.7 cm³/mol. The maximum atomic E-state index is 10.9. The van der Waals surface area contributed by atoms with E-state index in [4.69, 9.17) is 5.11 Å². The minimum Gasteiger partial charge on any atom is -0.477 e. The Morgan fingerprint density at radius 2 is 2.07 bits per heavy atom. The van der Waals surface area contributed by atoms with Crippen LogP contribution in [-0.2, 0) is 11.8 Å². The van der Waals surface area contributed by atoms with Crippen LogP contribution in [0.1, 0.15) is 52.2 Å². The lowest BCUT2D eigenvalue weighted by Gasteiger charge is -2.22. The van der Waals surface area contributed by atoms with Crippen LogP contribution in [0, 0.1) is 0 Å². The van der Waals surface area contributed by atoms with Crippen LogP contribution in [0.25, 0.3) is 0 Å². The molecule has 0 saturated heterocycles. The van der Waals surface area contributed by atoms with Crippen LogP contribution in [0.15, 0.2) is 6.07 Å². The van der Waals surface area contributed by atoms with Crippen molar-refractivity contribution in [2.75, 3.05) is 0 Å². The summed E-state index contributed by atoms with van der Waals surface area (Å²) in [6.45, 7) is 0. The monoisotopic (exact) mass is 222 g/mol. The first-order chi connectivity index (χ1) is 7.21. The molecule has 3 heteroatoms. The smallest absolute Gasteiger partial charge is 0.345 e. The molecule has 0 radical (unpaired) electrons. The third-order valence-electron chi connectivity index (χ3n) is 3.94. The number of hydrogen-bond acceptors (Lipinski definition) is 2. The lowest BCUT2D eigenvalue weighted by atomic mass is 9.85. The third kappa shape index (κ3) is 1.26. The van der Waals surface area contributed by atoms with Crippen molar-refractivity contribution in [1.82, 2.24) is 0 Å². The second-order valence-corrected chi connectivity index (χ2v) is 5.81. The number of aromatic carboxylic acids is 1. The second kappa shape index (κ2) is 3.08. The molecule has 0 atom stereocenters. The molecule has 2 aliphatic carbocycles. The molecule has 0 aromatic carbocycles. The van der Waals surface area contributed by atoms with Crippen LogP contribution in [0.2, 0.25) is 0 Å². The summed E-state index contributed by atoms with van der Waals surface area (Å²) in [5.74, 6) is -0.762. The van der Waals surface area contributed by atoms with Crippen molar-refractivity contribution in [2.24, 2.45) is 0 Å². The van der Waals surface area contributed by atoms with Gasteiger partial charge in [0.1, 0.15) is 4.88 Å². The number of rotatable bonds is 1. The highest BCUT2D eigenvalue weighted by molar-refractivity contribution is 7.14. The SMILES string of the molecule is O=C(O)c1cc2c(s1)C1(CCCC1)CC2. The van der Waals surface area contributed by atoms with Crippen LogP contribution in [-0.4, -0.2) is 11.1 Å². The number of aryl methyl sites for hydroxylation is 1. The van der Waals surface area contributed by atoms with Gasteiger partial charge in [0.25, 0.3) is 0 Å². The Bertz CT molecular complexity index is 413. The summed E-state index contributed by atoms with van der Waals surface area (Å²) >= 11 is 1.53. The van der Waals surface area contributed by atoms with E-state index in [0.717, 1.165) is 6.42 Å². The van der Waals surface area contributed by atoms with E-state index in [1.54, 1.807) is 0 Å². The zero-order valence-electron chi connectivity index (χ0n) is 8.58. The minimum absolute atomic E-state index is 0.383. The molecule has 3 rings (SSSR count). The van der Waals surface area contributed by atoms with E-state index in [9.17, 15) is 4.79 Å². The quantitative estimate of drug-likeness (QED) is 0.792. The van der Waals surface area contributed by atoms with Crippen molar-refractivity contribution < 1.29 is 9.90 Å². The molecule has 1 fully saturated rings. The van der Waals surface area contributed by atoms with Gasteiger partial charge in [0.2, 0.25) is 0 Å². The number of carbonyl (C=O) groups is 1. The standard InChI is InChI=1S/C12H14O2S/c13-11(14)9-7-8-3-6-12(10(8)15-9)4-1-2-5-12/h7H,1-6H2,(H,13,14). The van der Waals surface area contributed by atoms with Gasteiger partial charge in [-0.15, -0.1) is 11.3 Å². The van der Waals surface area contributed by atoms with E-state index in [0.29, 0.717) is 10.3 Å². The average molecular weight is 222 g/mol. The van der Waals surface area contributed by atoms with E-state index >= 15 is 0 Å². The first-order valence-corrected chi connectivity index (χ1v) is 6.39. The molecular weight excluding hydrogens is 208 g/mol. The van der Waals surface area contributed by atoms with E-state index < -0.39 is 5.97 Å². The van der Waals surface area contributed by atoms with Crippen molar-refractivity contribution in [3.8, 4) is 0 Å². The molecule has 1 N–H and O–H groups in total. The highest BCUT2D eigenvalue weighted by Gasteiger charge is 2.42. The molecule has 1 aromatic heterocycles. The van der Waals surface area contributed by atoms with Crippen LogP contribution in [0.3, 0.4) is 0 Å². The van der Waals surface area contributed by atoms with Gasteiger partial charge in [0, 0.05) is 10.3 Å². The zero-order chi connectivity index (χ0) is 10.5. The fourth-order valence-electron chi connectivity index (χ4n) is 3.19. The molecule has 80 valence electrons. The molecule has 1 aromatic rings. The maximum Gasteiger partial charge on any atom is 0.345 e. The first-order valence-electron chi connectivity index (χ1n) is 5.58. The molecule has 2 nitrogen and oxygen atoms in total. The van der Waals surface area contributed by atoms with Crippen molar-refractivity contribution in [1.29, 1.82) is 0 Å². The summed E-state index contributed by atoms with van der Waals surface area (Å²) in [7, 11) is 0. The summed E-state index contributed by atoms with van der Waals surface area (Å²) in [6, 6.07) is 1.90. The highest BCUT2D eigenvalue weighted by atomic mass is 32.1. The third-order valence-corrected chi connectivity index (χ3v) is 5.35. The Labute approximate surface area is 92.9 Å². The molecule has 0 bridgehead atoms. The normalized spacial score (nSPS) is 22.1. The molecular formula is C12H14O2S. The van der Waals surface area contributed by atoms with Gasteiger partial charge in [0.15, 0.2) is 0 Å². The molecule has 0 unspecified atom stereocenters. The van der Waals surface area contributed by atoms with Crippen molar-refractivity contribution in [2.45, 2.75) is 43.9 Å². The molecule has 1 heterocycles. The number of thiophene rings is 1. The van der Waals surface area contributed by atoms with Gasteiger partial charge in [-0.25, -0.2) is 4.79 Å². The van der Waals surface area contributed by atoms with E-state index in [1.165, 1.54) is 53.9 Å². The van der Waals surface area contributed by atoms with E-state index in [-0.39, 0.29) is 0 Å². The predicted octanol–water partition coefficient (Wildman–Crippen LogP) is 3.20. The molecule has 2 aliphatic rings. The van der Waals surface area contributed by atoms with Crippen LogP contribution in [0.4, 0.5) is 0 Å². The van der Waals surface area contributed by atoms with Gasteiger partial charge >= 0.3 is 5.97 Å². The summed E-state index contributed by atoms with van der Waals surface area (Å²) in [5.41, 5.74) is 1.70. The molecule has 1 saturated carbocycles. The first kappa shape index (κ1) is 9.40. The molecule has 0 amide bonds. The van der Waals surface area contributed by atoms with Gasteiger partial charge in [-0.3, -0.25) is 0 Å². The van der Waals surface area contributed by atoms with Gasteiger partial charge < -0.3 is 5.11 Å². The van der Waals surface area contributed by atoms with Gasteiger partial charge in [-0.2, -0.15) is 0 Å². The minimum atomic E-state index is -0.762. The molecule has 0 aliphatic heterocycles. The zero-order valence-corrected chi connectivity index (χ0v) is 9.40.